The number of pyridine rings is 1. The average Bonchev–Trinajstić information content (AvgIpc) is 2.27. The molecule has 1 heterocycles. The first-order chi connectivity index (χ1) is 7.66. The van der Waals surface area contributed by atoms with E-state index in [4.69, 9.17) is 22.1 Å². The first-order valence-corrected chi connectivity index (χ1v) is 5.18. The van der Waals surface area contributed by atoms with Crippen LogP contribution in [0.25, 0.3) is 0 Å². The normalized spacial score (nSPS) is 10.1. The molecule has 82 valence electrons. The molecule has 0 radical (unpaired) electrons. The number of rotatable bonds is 2. The molecule has 0 saturated carbocycles. The maximum absolute atomic E-state index is 6.02. The van der Waals surface area contributed by atoms with Crippen LogP contribution in [-0.2, 0) is 0 Å². The van der Waals surface area contributed by atoms with E-state index in [0.717, 1.165) is 5.56 Å². The van der Waals surface area contributed by atoms with Crippen molar-refractivity contribution in [3.8, 4) is 11.5 Å². The number of nitrogen functional groups attached to an aromatic ring is 1. The van der Waals surface area contributed by atoms with Crippen LogP contribution in [-0.4, -0.2) is 4.98 Å². The Labute approximate surface area is 98.8 Å². The molecule has 0 saturated heterocycles. The van der Waals surface area contributed by atoms with E-state index in [0.29, 0.717) is 22.2 Å². The number of hydrogen-bond acceptors (Lipinski definition) is 3. The molecule has 0 aliphatic rings. The minimum atomic E-state index is 0.486. The third-order valence-corrected chi connectivity index (χ3v) is 2.43. The molecule has 0 spiro atoms. The summed E-state index contributed by atoms with van der Waals surface area (Å²) in [4.78, 5) is 3.89. The van der Waals surface area contributed by atoms with Gasteiger partial charge in [0.1, 0.15) is 5.75 Å². The zero-order valence-electron chi connectivity index (χ0n) is 8.77. The van der Waals surface area contributed by atoms with Gasteiger partial charge in [-0.1, -0.05) is 17.7 Å². The van der Waals surface area contributed by atoms with Crippen LogP contribution in [0.3, 0.4) is 0 Å². The number of aryl methyl sites for hydroxylation is 1. The summed E-state index contributed by atoms with van der Waals surface area (Å²) in [5, 5.41) is 0.557. The van der Waals surface area contributed by atoms with Crippen molar-refractivity contribution in [1.82, 2.24) is 4.98 Å². The molecule has 1 aromatic carbocycles. The predicted molar refractivity (Wildman–Crippen MR) is 64.9 cm³/mol. The maximum Gasteiger partial charge on any atom is 0.153 e. The van der Waals surface area contributed by atoms with Gasteiger partial charge in [-0.15, -0.1) is 0 Å². The molecule has 0 aliphatic heterocycles. The topological polar surface area (TPSA) is 48.1 Å². The van der Waals surface area contributed by atoms with E-state index in [1.807, 2.05) is 19.1 Å². The van der Waals surface area contributed by atoms with Gasteiger partial charge in [-0.05, 0) is 24.6 Å². The van der Waals surface area contributed by atoms with E-state index in [1.165, 1.54) is 0 Å². The molecule has 0 fully saturated rings. The third kappa shape index (κ3) is 2.25. The van der Waals surface area contributed by atoms with Crippen molar-refractivity contribution in [2.45, 2.75) is 6.92 Å². The van der Waals surface area contributed by atoms with Gasteiger partial charge >= 0.3 is 0 Å². The van der Waals surface area contributed by atoms with Gasteiger partial charge in [-0.25, -0.2) is 0 Å². The fourth-order valence-electron chi connectivity index (χ4n) is 1.29. The zero-order chi connectivity index (χ0) is 11.5. The van der Waals surface area contributed by atoms with Crippen LogP contribution in [0, 0.1) is 6.92 Å². The highest BCUT2D eigenvalue weighted by Gasteiger charge is 2.05. The number of nitrogens with two attached hydrogens (primary N) is 1. The summed E-state index contributed by atoms with van der Waals surface area (Å²) in [5.74, 6) is 1.15. The number of hydrogen-bond donors (Lipinski definition) is 1. The zero-order valence-corrected chi connectivity index (χ0v) is 9.53. The summed E-state index contributed by atoms with van der Waals surface area (Å²) >= 11 is 6.02. The van der Waals surface area contributed by atoms with Crippen molar-refractivity contribution in [3.63, 3.8) is 0 Å². The van der Waals surface area contributed by atoms with Crippen LogP contribution < -0.4 is 10.5 Å². The Morgan fingerprint density at radius 1 is 1.25 bits per heavy atom. The number of ether oxygens (including phenoxy) is 1. The number of anilines is 1. The summed E-state index contributed by atoms with van der Waals surface area (Å²) in [5.41, 5.74) is 7.29. The number of aromatic nitrogens is 1. The first-order valence-electron chi connectivity index (χ1n) is 4.80. The number of nitrogens with zero attached hydrogens (tertiary/aromatic N) is 1. The van der Waals surface area contributed by atoms with Crippen LogP contribution in [0.5, 0.6) is 11.5 Å². The van der Waals surface area contributed by atoms with E-state index >= 15 is 0 Å². The SMILES string of the molecule is Cc1ccc(Cl)c(Oc2ccncc2N)c1. The first kappa shape index (κ1) is 10.8. The summed E-state index contributed by atoms with van der Waals surface area (Å²) in [7, 11) is 0. The quantitative estimate of drug-likeness (QED) is 0.866. The molecular formula is C12H11ClN2O. The van der Waals surface area contributed by atoms with Crippen LogP contribution >= 0.6 is 11.6 Å². The van der Waals surface area contributed by atoms with Crippen molar-refractivity contribution in [2.24, 2.45) is 0 Å². The fraction of sp³-hybridized carbons (Fsp3) is 0.0833. The second kappa shape index (κ2) is 4.41. The third-order valence-electron chi connectivity index (χ3n) is 2.12. The van der Waals surface area contributed by atoms with E-state index in [1.54, 1.807) is 24.5 Å². The second-order valence-electron chi connectivity index (χ2n) is 3.45. The summed E-state index contributed by atoms with van der Waals surface area (Å²) in [6.07, 6.45) is 3.16. The van der Waals surface area contributed by atoms with Gasteiger partial charge < -0.3 is 10.5 Å². The number of halogens is 1. The smallest absolute Gasteiger partial charge is 0.153 e. The lowest BCUT2D eigenvalue weighted by molar-refractivity contribution is 0.484. The Morgan fingerprint density at radius 2 is 2.06 bits per heavy atom. The lowest BCUT2D eigenvalue weighted by Gasteiger charge is -2.09. The molecular weight excluding hydrogens is 224 g/mol. The predicted octanol–water partition coefficient (Wildman–Crippen LogP) is 3.42. The Morgan fingerprint density at radius 3 is 2.81 bits per heavy atom. The minimum Gasteiger partial charge on any atom is -0.454 e. The van der Waals surface area contributed by atoms with Crippen molar-refractivity contribution >= 4 is 17.3 Å². The monoisotopic (exact) mass is 234 g/mol. The van der Waals surface area contributed by atoms with E-state index in [9.17, 15) is 0 Å². The van der Waals surface area contributed by atoms with Crippen LogP contribution in [0.15, 0.2) is 36.7 Å². The van der Waals surface area contributed by atoms with Crippen LogP contribution in [0.4, 0.5) is 5.69 Å². The van der Waals surface area contributed by atoms with Gasteiger partial charge in [0.15, 0.2) is 5.75 Å². The molecule has 0 aliphatic carbocycles. The standard InChI is InChI=1S/C12H11ClN2O/c1-8-2-3-9(13)12(6-8)16-11-4-5-15-7-10(11)14/h2-7H,14H2,1H3. The highest BCUT2D eigenvalue weighted by atomic mass is 35.5. The highest BCUT2D eigenvalue weighted by Crippen LogP contribution is 2.32. The molecule has 0 bridgehead atoms. The van der Waals surface area contributed by atoms with Gasteiger partial charge in [0, 0.05) is 12.3 Å². The van der Waals surface area contributed by atoms with Crippen molar-refractivity contribution in [2.75, 3.05) is 5.73 Å². The average molecular weight is 235 g/mol. The lowest BCUT2D eigenvalue weighted by Crippen LogP contribution is -1.93. The van der Waals surface area contributed by atoms with Crippen molar-refractivity contribution < 1.29 is 4.74 Å². The fourth-order valence-corrected chi connectivity index (χ4v) is 1.45. The Hall–Kier alpha value is -1.74. The van der Waals surface area contributed by atoms with Gasteiger partial charge in [-0.2, -0.15) is 0 Å². The molecule has 2 N–H and O–H groups in total. The van der Waals surface area contributed by atoms with Gasteiger partial charge in [-0.3, -0.25) is 4.98 Å². The largest absolute Gasteiger partial charge is 0.454 e. The number of benzene rings is 1. The Bertz CT molecular complexity index is 514. The minimum absolute atomic E-state index is 0.486. The Kier molecular flexibility index (Phi) is 2.97. The summed E-state index contributed by atoms with van der Waals surface area (Å²) in [6, 6.07) is 7.28. The van der Waals surface area contributed by atoms with Crippen molar-refractivity contribution in [1.29, 1.82) is 0 Å². The van der Waals surface area contributed by atoms with Crippen LogP contribution in [0.1, 0.15) is 5.56 Å². The second-order valence-corrected chi connectivity index (χ2v) is 3.86. The molecule has 0 atom stereocenters. The molecule has 16 heavy (non-hydrogen) atoms. The van der Waals surface area contributed by atoms with Crippen LogP contribution in [0.2, 0.25) is 5.02 Å². The molecule has 4 heteroatoms. The van der Waals surface area contributed by atoms with Gasteiger partial charge in [0.25, 0.3) is 0 Å². The van der Waals surface area contributed by atoms with E-state index in [-0.39, 0.29) is 0 Å². The van der Waals surface area contributed by atoms with Gasteiger partial charge in [0.05, 0.1) is 16.9 Å². The lowest BCUT2D eigenvalue weighted by atomic mass is 10.2. The van der Waals surface area contributed by atoms with Crippen molar-refractivity contribution in [3.05, 3.63) is 47.2 Å². The molecule has 0 unspecified atom stereocenters. The molecule has 0 amide bonds. The van der Waals surface area contributed by atoms with E-state index < -0.39 is 0 Å². The Balaban J connectivity index is 2.34. The summed E-state index contributed by atoms with van der Waals surface area (Å²) in [6.45, 7) is 1.97. The molecule has 1 aromatic heterocycles. The molecule has 3 nitrogen and oxygen atoms in total. The highest BCUT2D eigenvalue weighted by molar-refractivity contribution is 6.32. The molecule has 2 rings (SSSR count). The molecule has 2 aromatic rings. The van der Waals surface area contributed by atoms with Gasteiger partial charge in [0.2, 0.25) is 0 Å². The summed E-state index contributed by atoms with van der Waals surface area (Å²) < 4.78 is 5.62. The maximum atomic E-state index is 6.02. The van der Waals surface area contributed by atoms with E-state index in [2.05, 4.69) is 4.98 Å².